The van der Waals surface area contributed by atoms with E-state index in [0.29, 0.717) is 0 Å². The van der Waals surface area contributed by atoms with Crippen LogP contribution in [-0.4, -0.2) is 40.8 Å². The quantitative estimate of drug-likeness (QED) is 0.412. The van der Waals surface area contributed by atoms with E-state index < -0.39 is 12.1 Å². The third-order valence-electron chi connectivity index (χ3n) is 1.29. The molecule has 1 amide bonds. The molecule has 2 atom stereocenters. The Kier molecular flexibility index (Phi) is 5.01. The second-order valence-electron chi connectivity index (χ2n) is 2.84. The molecule has 0 heterocycles. The molecule has 0 aliphatic rings. The van der Waals surface area contributed by atoms with Crippen molar-refractivity contribution >= 4 is 11.9 Å². The van der Waals surface area contributed by atoms with Gasteiger partial charge in [-0.25, -0.2) is 4.79 Å². The maximum atomic E-state index is 10.9. The zero-order chi connectivity index (χ0) is 10.4. The number of carbonyl (C=O) groups is 2. The number of hydrogen-bond acceptors (Lipinski definition) is 4. The van der Waals surface area contributed by atoms with Crippen LogP contribution >= 0.6 is 0 Å². The van der Waals surface area contributed by atoms with Gasteiger partial charge < -0.3 is 21.3 Å². The van der Waals surface area contributed by atoms with Gasteiger partial charge in [0.1, 0.15) is 0 Å². The molecule has 0 radical (unpaired) electrons. The molecule has 0 bridgehead atoms. The Labute approximate surface area is 75.7 Å². The number of carboxylic acid groups (broad SMARTS) is 1. The van der Waals surface area contributed by atoms with E-state index in [2.05, 4.69) is 5.32 Å². The van der Waals surface area contributed by atoms with Crippen LogP contribution in [0.2, 0.25) is 0 Å². The van der Waals surface area contributed by atoms with Crippen LogP contribution in [0.1, 0.15) is 13.3 Å². The van der Waals surface area contributed by atoms with Crippen LogP contribution in [-0.2, 0) is 9.59 Å². The van der Waals surface area contributed by atoms with Gasteiger partial charge in [-0.3, -0.25) is 4.79 Å². The maximum Gasteiger partial charge on any atom is 0.334 e. The van der Waals surface area contributed by atoms with Crippen LogP contribution in [0.15, 0.2) is 0 Å². The summed E-state index contributed by atoms with van der Waals surface area (Å²) in [6, 6.07) is -0.276. The molecule has 0 spiro atoms. The number of aliphatic hydroxyl groups excluding tert-OH is 1. The summed E-state index contributed by atoms with van der Waals surface area (Å²) in [5, 5.41) is 19.3. The van der Waals surface area contributed by atoms with Gasteiger partial charge in [0.2, 0.25) is 5.91 Å². The first kappa shape index (κ1) is 11.9. The number of carbonyl (C=O) groups excluding carboxylic acids is 1. The average molecular weight is 190 g/mol. The van der Waals surface area contributed by atoms with Crippen LogP contribution in [0.3, 0.4) is 0 Å². The fourth-order valence-electron chi connectivity index (χ4n) is 0.662. The molecule has 0 fully saturated rings. The Bertz CT molecular complexity index is 193. The molecular weight excluding hydrogens is 176 g/mol. The van der Waals surface area contributed by atoms with Crippen molar-refractivity contribution in [1.29, 1.82) is 0 Å². The highest BCUT2D eigenvalue weighted by Gasteiger charge is 2.14. The molecule has 0 aromatic rings. The predicted molar refractivity (Wildman–Crippen MR) is 44.9 cm³/mol. The number of aliphatic carboxylic acids is 1. The van der Waals surface area contributed by atoms with Crippen molar-refractivity contribution in [2.45, 2.75) is 25.5 Å². The Morgan fingerprint density at radius 1 is 1.54 bits per heavy atom. The lowest BCUT2D eigenvalue weighted by Crippen LogP contribution is -2.38. The summed E-state index contributed by atoms with van der Waals surface area (Å²) in [6.45, 7) is 1.37. The van der Waals surface area contributed by atoms with E-state index >= 15 is 0 Å². The van der Waals surface area contributed by atoms with Gasteiger partial charge in [-0.2, -0.15) is 0 Å². The van der Waals surface area contributed by atoms with Crippen molar-refractivity contribution in [3.63, 3.8) is 0 Å². The zero-order valence-electron chi connectivity index (χ0n) is 7.36. The van der Waals surface area contributed by atoms with Crippen molar-refractivity contribution in [3.8, 4) is 0 Å². The van der Waals surface area contributed by atoms with E-state index in [1.165, 1.54) is 0 Å². The Morgan fingerprint density at radius 2 is 2.08 bits per heavy atom. The van der Waals surface area contributed by atoms with Crippen LogP contribution in [0.5, 0.6) is 0 Å². The highest BCUT2D eigenvalue weighted by Crippen LogP contribution is 1.86. The normalized spacial score (nSPS) is 14.7. The lowest BCUT2D eigenvalue weighted by Gasteiger charge is -2.08. The SMILES string of the molecule is CC(N)CC(=O)NC[C@H](O)C(=O)O. The van der Waals surface area contributed by atoms with Crippen molar-refractivity contribution in [2.24, 2.45) is 5.73 Å². The molecule has 6 nitrogen and oxygen atoms in total. The smallest absolute Gasteiger partial charge is 0.334 e. The number of rotatable bonds is 5. The lowest BCUT2D eigenvalue weighted by atomic mass is 10.2. The van der Waals surface area contributed by atoms with E-state index in [9.17, 15) is 9.59 Å². The zero-order valence-corrected chi connectivity index (χ0v) is 7.36. The van der Waals surface area contributed by atoms with Gasteiger partial charge in [0.25, 0.3) is 0 Å². The number of hydrogen-bond donors (Lipinski definition) is 4. The fourth-order valence-corrected chi connectivity index (χ4v) is 0.662. The first-order valence-electron chi connectivity index (χ1n) is 3.86. The Balaban J connectivity index is 3.64. The molecule has 0 saturated heterocycles. The summed E-state index contributed by atoms with van der Waals surface area (Å²) in [7, 11) is 0. The van der Waals surface area contributed by atoms with Gasteiger partial charge in [-0.15, -0.1) is 0 Å². The van der Waals surface area contributed by atoms with Crippen LogP contribution in [0, 0.1) is 0 Å². The number of carboxylic acids is 1. The molecule has 13 heavy (non-hydrogen) atoms. The summed E-state index contributed by atoms with van der Waals surface area (Å²) >= 11 is 0. The standard InChI is InChI=1S/C7H14N2O4/c1-4(8)2-6(11)9-3-5(10)7(12)13/h4-5,10H,2-3,8H2,1H3,(H,9,11)(H,12,13)/t4?,5-/m0/s1. The summed E-state index contributed by atoms with van der Waals surface area (Å²) in [6.07, 6.45) is -1.44. The summed E-state index contributed by atoms with van der Waals surface area (Å²) in [5.41, 5.74) is 5.32. The molecule has 0 aliphatic carbocycles. The number of nitrogens with one attached hydrogen (secondary N) is 1. The van der Waals surface area contributed by atoms with Gasteiger partial charge >= 0.3 is 5.97 Å². The molecule has 0 rings (SSSR count). The Hall–Kier alpha value is -1.14. The van der Waals surface area contributed by atoms with E-state index in [4.69, 9.17) is 15.9 Å². The third-order valence-corrected chi connectivity index (χ3v) is 1.29. The van der Waals surface area contributed by atoms with Crippen molar-refractivity contribution < 1.29 is 19.8 Å². The summed E-state index contributed by atoms with van der Waals surface area (Å²) in [4.78, 5) is 21.0. The molecule has 6 heteroatoms. The minimum Gasteiger partial charge on any atom is -0.479 e. The first-order chi connectivity index (χ1) is 5.93. The number of amides is 1. The van der Waals surface area contributed by atoms with Gasteiger partial charge in [-0.05, 0) is 6.92 Å². The highest BCUT2D eigenvalue weighted by molar-refractivity contribution is 5.78. The van der Waals surface area contributed by atoms with Crippen LogP contribution in [0.4, 0.5) is 0 Å². The summed E-state index contributed by atoms with van der Waals surface area (Å²) < 4.78 is 0. The van der Waals surface area contributed by atoms with E-state index in [0.717, 1.165) is 0 Å². The third kappa shape index (κ3) is 6.06. The highest BCUT2D eigenvalue weighted by atomic mass is 16.4. The second kappa shape index (κ2) is 5.50. The predicted octanol–water partition coefficient (Wildman–Crippen LogP) is -1.71. The largest absolute Gasteiger partial charge is 0.479 e. The molecule has 1 unspecified atom stereocenters. The lowest BCUT2D eigenvalue weighted by molar-refractivity contribution is -0.146. The van der Waals surface area contributed by atoms with Crippen LogP contribution < -0.4 is 11.1 Å². The van der Waals surface area contributed by atoms with Crippen molar-refractivity contribution in [2.75, 3.05) is 6.54 Å². The van der Waals surface area contributed by atoms with Crippen molar-refractivity contribution in [1.82, 2.24) is 5.32 Å². The minimum atomic E-state index is -1.56. The molecule has 0 aromatic heterocycles. The van der Waals surface area contributed by atoms with Crippen molar-refractivity contribution in [3.05, 3.63) is 0 Å². The van der Waals surface area contributed by atoms with Gasteiger partial charge in [0.05, 0.1) is 6.54 Å². The fraction of sp³-hybridized carbons (Fsp3) is 0.714. The number of nitrogens with two attached hydrogens (primary N) is 1. The molecule has 76 valence electrons. The minimum absolute atomic E-state index is 0.117. The molecule has 5 N–H and O–H groups in total. The van der Waals surface area contributed by atoms with E-state index in [1.807, 2.05) is 0 Å². The van der Waals surface area contributed by atoms with Crippen LogP contribution in [0.25, 0.3) is 0 Å². The first-order valence-corrected chi connectivity index (χ1v) is 3.86. The van der Waals surface area contributed by atoms with E-state index in [1.54, 1.807) is 6.92 Å². The molecule has 0 aliphatic heterocycles. The average Bonchev–Trinajstić information content (AvgIpc) is 1.98. The topological polar surface area (TPSA) is 113 Å². The Morgan fingerprint density at radius 3 is 2.46 bits per heavy atom. The van der Waals surface area contributed by atoms with Gasteiger partial charge in [0.15, 0.2) is 6.10 Å². The molecule has 0 aromatic carbocycles. The van der Waals surface area contributed by atoms with Gasteiger partial charge in [-0.1, -0.05) is 0 Å². The van der Waals surface area contributed by atoms with Gasteiger partial charge in [0, 0.05) is 12.5 Å². The molecule has 0 saturated carbocycles. The summed E-state index contributed by atoms with van der Waals surface area (Å²) in [5.74, 6) is -1.73. The van der Waals surface area contributed by atoms with E-state index in [-0.39, 0.29) is 24.9 Å². The second-order valence-corrected chi connectivity index (χ2v) is 2.84. The maximum absolute atomic E-state index is 10.9. The molecular formula is C7H14N2O4. The number of aliphatic hydroxyl groups is 1. The monoisotopic (exact) mass is 190 g/mol.